The molecule has 33 heavy (non-hydrogen) atoms. The van der Waals surface area contributed by atoms with Crippen LogP contribution in [0.5, 0.6) is 0 Å². The predicted molar refractivity (Wildman–Crippen MR) is 123 cm³/mol. The Morgan fingerprint density at radius 3 is 2.52 bits per heavy atom. The summed E-state index contributed by atoms with van der Waals surface area (Å²) >= 11 is 0. The van der Waals surface area contributed by atoms with E-state index in [0.29, 0.717) is 43.0 Å². The van der Waals surface area contributed by atoms with Crippen molar-refractivity contribution in [2.75, 3.05) is 43.1 Å². The molecule has 8 heteroatoms. The summed E-state index contributed by atoms with van der Waals surface area (Å²) in [7, 11) is 0. The maximum atomic E-state index is 13.2. The lowest BCUT2D eigenvalue weighted by Gasteiger charge is -2.26. The van der Waals surface area contributed by atoms with Crippen molar-refractivity contribution in [2.45, 2.75) is 13.3 Å². The number of hydrogen-bond donors (Lipinski definition) is 1. The van der Waals surface area contributed by atoms with Gasteiger partial charge in [0.25, 0.3) is 5.91 Å². The van der Waals surface area contributed by atoms with E-state index >= 15 is 0 Å². The zero-order valence-electron chi connectivity index (χ0n) is 18.4. The van der Waals surface area contributed by atoms with Crippen molar-refractivity contribution < 1.29 is 23.5 Å². The maximum Gasteiger partial charge on any atom is 0.291 e. The number of rotatable bonds is 4. The average molecular weight is 447 g/mol. The van der Waals surface area contributed by atoms with Gasteiger partial charge >= 0.3 is 0 Å². The summed E-state index contributed by atoms with van der Waals surface area (Å²) in [6.07, 6.45) is 0.113. The van der Waals surface area contributed by atoms with Crippen molar-refractivity contribution in [1.29, 1.82) is 0 Å². The van der Waals surface area contributed by atoms with Crippen LogP contribution in [0.4, 0.5) is 11.4 Å². The molecule has 0 spiro atoms. The van der Waals surface area contributed by atoms with Crippen molar-refractivity contribution in [3.63, 3.8) is 0 Å². The number of amides is 3. The Morgan fingerprint density at radius 1 is 1.03 bits per heavy atom. The van der Waals surface area contributed by atoms with E-state index in [1.807, 2.05) is 49.4 Å². The Bertz CT molecular complexity index is 1210. The SMILES string of the molecule is Cc1ccc(N2CC(C(=O)Nc3c(C(=O)N4CCOCC4)oc4ccccc34)CC2=O)cc1. The zero-order valence-corrected chi connectivity index (χ0v) is 18.4. The van der Waals surface area contributed by atoms with E-state index in [9.17, 15) is 14.4 Å². The number of aryl methyl sites for hydroxylation is 1. The fourth-order valence-corrected chi connectivity index (χ4v) is 4.31. The van der Waals surface area contributed by atoms with E-state index in [0.717, 1.165) is 11.3 Å². The van der Waals surface area contributed by atoms with Crippen molar-refractivity contribution in [1.82, 2.24) is 4.90 Å². The molecule has 0 aliphatic carbocycles. The van der Waals surface area contributed by atoms with Crippen LogP contribution in [-0.4, -0.2) is 55.5 Å². The van der Waals surface area contributed by atoms with Crippen LogP contribution < -0.4 is 10.2 Å². The number of furan rings is 1. The highest BCUT2D eigenvalue weighted by Crippen LogP contribution is 2.33. The Hall–Kier alpha value is -3.65. The third-order valence-electron chi connectivity index (χ3n) is 6.18. The number of benzene rings is 2. The van der Waals surface area contributed by atoms with E-state index in [4.69, 9.17) is 9.15 Å². The fourth-order valence-electron chi connectivity index (χ4n) is 4.31. The minimum atomic E-state index is -0.529. The number of hydrogen-bond acceptors (Lipinski definition) is 5. The Balaban J connectivity index is 1.39. The molecule has 2 aliphatic heterocycles. The predicted octanol–water partition coefficient (Wildman–Crippen LogP) is 3.21. The van der Waals surface area contributed by atoms with Gasteiger partial charge in [-0.2, -0.15) is 0 Å². The monoisotopic (exact) mass is 447 g/mol. The molecular formula is C25H25N3O5. The first-order valence-electron chi connectivity index (χ1n) is 11.1. The van der Waals surface area contributed by atoms with Gasteiger partial charge in [-0.05, 0) is 31.2 Å². The molecule has 0 bridgehead atoms. The highest BCUT2D eigenvalue weighted by Gasteiger charge is 2.36. The highest BCUT2D eigenvalue weighted by atomic mass is 16.5. The van der Waals surface area contributed by atoms with Gasteiger partial charge in [0.15, 0.2) is 0 Å². The smallest absolute Gasteiger partial charge is 0.291 e. The molecule has 1 unspecified atom stereocenters. The van der Waals surface area contributed by atoms with Crippen LogP contribution in [0, 0.1) is 12.8 Å². The van der Waals surface area contributed by atoms with Gasteiger partial charge in [-0.3, -0.25) is 14.4 Å². The van der Waals surface area contributed by atoms with Crippen LogP contribution in [-0.2, 0) is 14.3 Å². The van der Waals surface area contributed by atoms with Crippen LogP contribution in [0.1, 0.15) is 22.5 Å². The minimum absolute atomic E-state index is 0.0966. The zero-order chi connectivity index (χ0) is 22.9. The normalized spacial score (nSPS) is 18.7. The summed E-state index contributed by atoms with van der Waals surface area (Å²) in [4.78, 5) is 42.3. The summed E-state index contributed by atoms with van der Waals surface area (Å²) in [6, 6.07) is 14.9. The van der Waals surface area contributed by atoms with Gasteiger partial charge in [-0.15, -0.1) is 0 Å². The molecule has 2 saturated heterocycles. The van der Waals surface area contributed by atoms with Crippen LogP contribution in [0.2, 0.25) is 0 Å². The van der Waals surface area contributed by atoms with E-state index in [1.54, 1.807) is 15.9 Å². The number of morpholine rings is 1. The van der Waals surface area contributed by atoms with E-state index < -0.39 is 5.92 Å². The highest BCUT2D eigenvalue weighted by molar-refractivity contribution is 6.12. The van der Waals surface area contributed by atoms with Crippen LogP contribution in [0.3, 0.4) is 0 Å². The number of anilines is 2. The lowest BCUT2D eigenvalue weighted by Crippen LogP contribution is -2.40. The molecule has 5 rings (SSSR count). The standard InChI is InChI=1S/C25H25N3O5/c1-16-6-8-18(9-7-16)28-15-17(14-21(28)29)24(30)26-22-19-4-2-3-5-20(19)33-23(22)25(31)27-10-12-32-13-11-27/h2-9,17H,10-15H2,1H3,(H,26,30). The molecule has 3 heterocycles. The van der Waals surface area contributed by atoms with Gasteiger partial charge in [0.1, 0.15) is 11.3 Å². The lowest BCUT2D eigenvalue weighted by molar-refractivity contribution is -0.122. The Morgan fingerprint density at radius 2 is 1.76 bits per heavy atom. The molecule has 2 aliphatic rings. The Labute approximate surface area is 191 Å². The number of carbonyl (C=O) groups is 3. The second-order valence-electron chi connectivity index (χ2n) is 8.44. The van der Waals surface area contributed by atoms with Crippen LogP contribution in [0.25, 0.3) is 11.0 Å². The fraction of sp³-hybridized carbons (Fsp3) is 0.320. The van der Waals surface area contributed by atoms with E-state index in [2.05, 4.69) is 5.32 Å². The first-order valence-corrected chi connectivity index (χ1v) is 11.1. The Kier molecular flexibility index (Phi) is 5.60. The summed E-state index contributed by atoms with van der Waals surface area (Å²) < 4.78 is 11.2. The lowest BCUT2D eigenvalue weighted by atomic mass is 10.1. The maximum absolute atomic E-state index is 13.2. The summed E-state index contributed by atoms with van der Waals surface area (Å²) in [6.45, 7) is 4.13. The summed E-state index contributed by atoms with van der Waals surface area (Å²) in [5, 5.41) is 3.56. The molecule has 1 N–H and O–H groups in total. The van der Waals surface area contributed by atoms with Gasteiger partial charge < -0.3 is 24.3 Å². The van der Waals surface area contributed by atoms with E-state index in [-0.39, 0.29) is 36.4 Å². The quantitative estimate of drug-likeness (QED) is 0.663. The van der Waals surface area contributed by atoms with Gasteiger partial charge in [0, 0.05) is 37.1 Å². The molecule has 0 radical (unpaired) electrons. The third kappa shape index (κ3) is 4.09. The number of para-hydroxylation sites is 1. The molecule has 3 aromatic rings. The van der Waals surface area contributed by atoms with Crippen LogP contribution >= 0.6 is 0 Å². The second kappa shape index (κ2) is 8.71. The molecule has 1 atom stereocenters. The van der Waals surface area contributed by atoms with Crippen molar-refractivity contribution in [3.05, 3.63) is 59.9 Å². The molecule has 2 aromatic carbocycles. The largest absolute Gasteiger partial charge is 0.449 e. The number of nitrogens with one attached hydrogen (secondary N) is 1. The number of fused-ring (bicyclic) bond motifs is 1. The number of nitrogens with zero attached hydrogens (tertiary/aromatic N) is 2. The molecule has 0 saturated carbocycles. The van der Waals surface area contributed by atoms with Crippen LogP contribution in [0.15, 0.2) is 52.9 Å². The molecule has 8 nitrogen and oxygen atoms in total. The van der Waals surface area contributed by atoms with Crippen molar-refractivity contribution >= 4 is 40.1 Å². The van der Waals surface area contributed by atoms with Gasteiger partial charge in [-0.25, -0.2) is 0 Å². The topological polar surface area (TPSA) is 92.1 Å². The average Bonchev–Trinajstić information content (AvgIpc) is 3.41. The molecule has 3 amide bonds. The molecule has 2 fully saturated rings. The van der Waals surface area contributed by atoms with Gasteiger partial charge in [0.2, 0.25) is 17.6 Å². The van der Waals surface area contributed by atoms with Gasteiger partial charge in [0.05, 0.1) is 19.1 Å². The second-order valence-corrected chi connectivity index (χ2v) is 8.44. The number of carbonyl (C=O) groups excluding carboxylic acids is 3. The molecule has 170 valence electrons. The number of ether oxygens (including phenoxy) is 1. The van der Waals surface area contributed by atoms with Crippen molar-refractivity contribution in [3.8, 4) is 0 Å². The summed E-state index contributed by atoms with van der Waals surface area (Å²) in [5.41, 5.74) is 2.75. The van der Waals surface area contributed by atoms with E-state index in [1.165, 1.54) is 0 Å². The first kappa shape index (κ1) is 21.2. The van der Waals surface area contributed by atoms with Crippen molar-refractivity contribution in [2.24, 2.45) is 5.92 Å². The summed E-state index contributed by atoms with van der Waals surface area (Å²) in [5.74, 6) is -1.11. The van der Waals surface area contributed by atoms with Gasteiger partial charge in [-0.1, -0.05) is 29.8 Å². The minimum Gasteiger partial charge on any atom is -0.449 e. The molecular weight excluding hydrogens is 422 g/mol. The third-order valence-corrected chi connectivity index (χ3v) is 6.18. The first-order chi connectivity index (χ1) is 16.0. The molecule has 1 aromatic heterocycles.